The van der Waals surface area contributed by atoms with Crippen LogP contribution < -0.4 is 10.2 Å². The van der Waals surface area contributed by atoms with Crippen LogP contribution in [0.4, 0.5) is 5.69 Å². The highest BCUT2D eigenvalue weighted by Crippen LogP contribution is 2.46. The molecule has 37 heavy (non-hydrogen) atoms. The van der Waals surface area contributed by atoms with Crippen LogP contribution in [0.1, 0.15) is 48.5 Å². The molecule has 0 atom stereocenters. The van der Waals surface area contributed by atoms with Crippen LogP contribution in [0.25, 0.3) is 11.3 Å². The van der Waals surface area contributed by atoms with Crippen molar-refractivity contribution >= 4 is 41.2 Å². The van der Waals surface area contributed by atoms with Gasteiger partial charge in [-0.25, -0.2) is 0 Å². The molecule has 0 radical (unpaired) electrons. The molecule has 8 nitrogen and oxygen atoms in total. The lowest BCUT2D eigenvalue weighted by atomic mass is 10.0. The molecule has 10 heteroatoms. The second-order valence-corrected chi connectivity index (χ2v) is 10.00. The zero-order valence-corrected chi connectivity index (χ0v) is 22.0. The minimum Gasteiger partial charge on any atom is -0.373 e. The Hall–Kier alpha value is -3.07. The number of amidine groups is 1. The third kappa shape index (κ3) is 5.76. The first kappa shape index (κ1) is 25.6. The number of nitrogens with one attached hydrogen (secondary N) is 1. The number of anilines is 1. The van der Waals surface area contributed by atoms with Gasteiger partial charge < -0.3 is 24.3 Å². The van der Waals surface area contributed by atoms with E-state index >= 15 is 0 Å². The summed E-state index contributed by atoms with van der Waals surface area (Å²) in [5.74, 6) is 1.78. The largest absolute Gasteiger partial charge is 0.373 e. The van der Waals surface area contributed by atoms with E-state index in [-0.39, 0.29) is 6.10 Å². The van der Waals surface area contributed by atoms with E-state index in [1.807, 2.05) is 42.5 Å². The monoisotopic (exact) mass is 542 g/mol. The summed E-state index contributed by atoms with van der Waals surface area (Å²) in [6.07, 6.45) is 4.15. The van der Waals surface area contributed by atoms with Crippen LogP contribution in [0.5, 0.6) is 0 Å². The van der Waals surface area contributed by atoms with Crippen molar-refractivity contribution in [1.82, 2.24) is 10.5 Å². The Morgan fingerprint density at radius 3 is 2.46 bits per heavy atom. The molecule has 2 fully saturated rings. The van der Waals surface area contributed by atoms with E-state index in [0.29, 0.717) is 46.1 Å². The smallest absolute Gasteiger partial charge is 0.323 e. The molecule has 1 aromatic heterocycles. The van der Waals surface area contributed by atoms with Crippen LogP contribution >= 0.6 is 23.2 Å². The van der Waals surface area contributed by atoms with E-state index < -0.39 is 0 Å². The van der Waals surface area contributed by atoms with Crippen LogP contribution in [0.2, 0.25) is 10.0 Å². The zero-order chi connectivity index (χ0) is 25.8. The summed E-state index contributed by atoms with van der Waals surface area (Å²) < 4.78 is 12.2. The number of hydrogen-bond donors (Lipinski definition) is 1. The van der Waals surface area contributed by atoms with Gasteiger partial charge in [0.15, 0.2) is 5.84 Å². The number of halogens is 2. The van der Waals surface area contributed by atoms with Gasteiger partial charge in [0.25, 0.3) is 0 Å². The maximum absolute atomic E-state index is 10.4. The van der Waals surface area contributed by atoms with Gasteiger partial charge in [-0.15, -0.1) is 0 Å². The van der Waals surface area contributed by atoms with Crippen molar-refractivity contribution in [2.45, 2.75) is 44.3 Å². The number of rotatable bonds is 9. The van der Waals surface area contributed by atoms with Crippen LogP contribution in [0, 0.1) is 0 Å². The van der Waals surface area contributed by atoms with E-state index in [0.717, 1.165) is 61.3 Å². The van der Waals surface area contributed by atoms with E-state index in [2.05, 4.69) is 25.4 Å². The molecule has 5 rings (SSSR count). The highest BCUT2D eigenvalue weighted by atomic mass is 35.5. The molecule has 194 valence electrons. The second kappa shape index (κ2) is 11.5. The van der Waals surface area contributed by atoms with Crippen molar-refractivity contribution in [3.05, 3.63) is 69.4 Å². The van der Waals surface area contributed by atoms with Crippen molar-refractivity contribution in [1.29, 1.82) is 0 Å². The molecule has 1 saturated heterocycles. The molecule has 1 saturated carbocycles. The number of hydrogen-bond acceptors (Lipinski definition) is 7. The molecular weight excluding hydrogens is 515 g/mol. The van der Waals surface area contributed by atoms with Crippen molar-refractivity contribution in [2.24, 2.45) is 5.16 Å². The van der Waals surface area contributed by atoms with Crippen molar-refractivity contribution in [3.8, 4) is 11.3 Å². The lowest BCUT2D eigenvalue weighted by Gasteiger charge is -2.33. The topological polar surface area (TPSA) is 89.2 Å². The summed E-state index contributed by atoms with van der Waals surface area (Å²) in [6.45, 7) is 2.47. The number of aromatic nitrogens is 1. The third-order valence-electron chi connectivity index (χ3n) is 6.80. The average Bonchev–Trinajstić information content (AvgIpc) is 3.68. The Bertz CT molecular complexity index is 1250. The SMILES string of the molecule is CN/C(=N\OC=O)c1ccc(N2CCC(OCc3c(-c4c(Cl)cccc4Cl)noc3C3CC3)CC2)cc1. The van der Waals surface area contributed by atoms with Gasteiger partial charge >= 0.3 is 6.47 Å². The van der Waals surface area contributed by atoms with E-state index in [1.165, 1.54) is 0 Å². The Morgan fingerprint density at radius 2 is 1.84 bits per heavy atom. The van der Waals surface area contributed by atoms with Gasteiger partial charge in [0.2, 0.25) is 0 Å². The average molecular weight is 543 g/mol. The van der Waals surface area contributed by atoms with Gasteiger partial charge in [0.05, 0.1) is 22.8 Å². The van der Waals surface area contributed by atoms with Gasteiger partial charge in [0, 0.05) is 48.4 Å². The van der Waals surface area contributed by atoms with Crippen molar-refractivity contribution < 1.29 is 18.9 Å². The molecular formula is C27H28Cl2N4O4. The molecule has 2 aromatic carbocycles. The molecule has 0 amide bonds. The predicted molar refractivity (Wildman–Crippen MR) is 143 cm³/mol. The minimum atomic E-state index is 0.135. The number of piperidine rings is 1. The van der Waals surface area contributed by atoms with E-state index in [9.17, 15) is 4.79 Å². The summed E-state index contributed by atoms with van der Waals surface area (Å²) in [5, 5.41) is 12.1. The van der Waals surface area contributed by atoms with Gasteiger partial charge in [-0.05, 0) is 62.1 Å². The lowest BCUT2D eigenvalue weighted by Crippen LogP contribution is -2.37. The third-order valence-corrected chi connectivity index (χ3v) is 7.43. The second-order valence-electron chi connectivity index (χ2n) is 9.18. The predicted octanol–water partition coefficient (Wildman–Crippen LogP) is 5.77. The molecule has 0 spiro atoms. The molecule has 1 aliphatic carbocycles. The van der Waals surface area contributed by atoms with Crippen LogP contribution in [-0.2, 0) is 21.0 Å². The minimum absolute atomic E-state index is 0.135. The number of nitrogens with zero attached hydrogens (tertiary/aromatic N) is 3. The van der Waals surface area contributed by atoms with Crippen LogP contribution in [-0.4, -0.2) is 43.7 Å². The van der Waals surface area contributed by atoms with E-state index in [1.54, 1.807) is 7.05 Å². The van der Waals surface area contributed by atoms with Gasteiger partial charge in [-0.3, -0.25) is 4.79 Å². The first-order valence-corrected chi connectivity index (χ1v) is 13.1. The quantitative estimate of drug-likeness (QED) is 0.121. The van der Waals surface area contributed by atoms with Gasteiger partial charge in [0.1, 0.15) is 11.5 Å². The van der Waals surface area contributed by atoms with Gasteiger partial charge in [-0.2, -0.15) is 0 Å². The van der Waals surface area contributed by atoms with Crippen molar-refractivity contribution in [2.75, 3.05) is 25.0 Å². The highest BCUT2D eigenvalue weighted by molar-refractivity contribution is 6.39. The number of carbonyl (C=O) groups is 1. The molecule has 1 aliphatic heterocycles. The first-order chi connectivity index (χ1) is 18.1. The maximum atomic E-state index is 10.4. The molecule has 2 heterocycles. The van der Waals surface area contributed by atoms with E-state index in [4.69, 9.17) is 32.5 Å². The summed E-state index contributed by atoms with van der Waals surface area (Å²) >= 11 is 13.0. The zero-order valence-electron chi connectivity index (χ0n) is 20.5. The Balaban J connectivity index is 1.22. The Kier molecular flexibility index (Phi) is 7.98. The highest BCUT2D eigenvalue weighted by Gasteiger charge is 2.34. The maximum Gasteiger partial charge on any atom is 0.323 e. The lowest BCUT2D eigenvalue weighted by molar-refractivity contribution is -0.128. The number of carbonyl (C=O) groups excluding carboxylic acids is 1. The fourth-order valence-electron chi connectivity index (χ4n) is 4.68. The molecule has 1 N–H and O–H groups in total. The summed E-state index contributed by atoms with van der Waals surface area (Å²) in [4.78, 5) is 17.3. The Morgan fingerprint density at radius 1 is 1.14 bits per heavy atom. The first-order valence-electron chi connectivity index (χ1n) is 12.3. The normalized spacial score (nSPS) is 16.6. The summed E-state index contributed by atoms with van der Waals surface area (Å²) in [5.41, 5.74) is 4.29. The fraction of sp³-hybridized carbons (Fsp3) is 0.370. The fourth-order valence-corrected chi connectivity index (χ4v) is 5.25. The molecule has 2 aliphatic rings. The number of oxime groups is 1. The molecule has 3 aromatic rings. The molecule has 0 unspecified atom stereocenters. The van der Waals surface area contributed by atoms with Crippen LogP contribution in [0.3, 0.4) is 0 Å². The number of ether oxygens (including phenoxy) is 1. The Labute approximate surface area is 225 Å². The molecule has 0 bridgehead atoms. The van der Waals surface area contributed by atoms with Gasteiger partial charge in [-0.1, -0.05) is 39.6 Å². The van der Waals surface area contributed by atoms with Crippen molar-refractivity contribution in [3.63, 3.8) is 0 Å². The van der Waals surface area contributed by atoms with Crippen LogP contribution in [0.15, 0.2) is 52.1 Å². The number of benzene rings is 2. The summed E-state index contributed by atoms with van der Waals surface area (Å²) in [6, 6.07) is 13.4. The summed E-state index contributed by atoms with van der Waals surface area (Å²) in [7, 11) is 1.73. The standard InChI is InChI=1S/C27H28Cl2N4O4/c1-30-27(32-36-16-34)18-7-9-19(10-8-18)33-13-11-20(12-14-33)35-15-21-25(31-37-26(21)17-5-6-17)24-22(28)3-2-4-23(24)29/h2-4,7-10,16-17,20H,5-6,11-15H2,1H3,(H,30,32).